The molecule has 3 rings (SSSR count). The molecule has 0 atom stereocenters. The van der Waals surface area contributed by atoms with Gasteiger partial charge >= 0.3 is 0 Å². The van der Waals surface area contributed by atoms with Crippen LogP contribution in [0, 0.1) is 5.92 Å². The lowest BCUT2D eigenvalue weighted by Gasteiger charge is -2.25. The summed E-state index contributed by atoms with van der Waals surface area (Å²) < 4.78 is 7.00. The predicted octanol–water partition coefficient (Wildman–Crippen LogP) is 5.57. The van der Waals surface area contributed by atoms with E-state index in [1.807, 2.05) is 58.9 Å². The number of amides is 2. The molecule has 1 aromatic heterocycles. The summed E-state index contributed by atoms with van der Waals surface area (Å²) in [5.41, 5.74) is 1.63. The number of nitrogens with one attached hydrogen (secondary N) is 1. The van der Waals surface area contributed by atoms with Crippen LogP contribution in [-0.4, -0.2) is 46.7 Å². The number of carbonyl (C=O) groups excluding carboxylic acids is 2. The van der Waals surface area contributed by atoms with E-state index >= 15 is 0 Å². The summed E-state index contributed by atoms with van der Waals surface area (Å²) in [5, 5.41) is 8.18. The average molecular weight is 497 g/mol. The van der Waals surface area contributed by atoms with E-state index in [0.717, 1.165) is 5.69 Å². The number of para-hydroxylation sites is 2. The van der Waals surface area contributed by atoms with Crippen LogP contribution in [0.2, 0.25) is 5.02 Å². The fourth-order valence-electron chi connectivity index (χ4n) is 3.65. The van der Waals surface area contributed by atoms with Crippen LogP contribution in [0.1, 0.15) is 50.7 Å². The number of anilines is 1. The predicted molar refractivity (Wildman–Crippen MR) is 140 cm³/mol. The van der Waals surface area contributed by atoms with Crippen molar-refractivity contribution < 1.29 is 14.3 Å². The Labute approximate surface area is 212 Å². The summed E-state index contributed by atoms with van der Waals surface area (Å²) in [5.74, 6) is 0.534. The molecule has 0 bridgehead atoms. The average Bonchev–Trinajstić information content (AvgIpc) is 3.22. The van der Waals surface area contributed by atoms with Gasteiger partial charge in [-0.15, -0.1) is 0 Å². The molecule has 8 heteroatoms. The van der Waals surface area contributed by atoms with E-state index in [-0.39, 0.29) is 29.7 Å². The van der Waals surface area contributed by atoms with E-state index < -0.39 is 0 Å². The number of benzene rings is 2. The van der Waals surface area contributed by atoms with Crippen molar-refractivity contribution in [3.05, 3.63) is 70.9 Å². The first-order valence-electron chi connectivity index (χ1n) is 11.6. The van der Waals surface area contributed by atoms with Gasteiger partial charge in [-0.05, 0) is 30.2 Å². The van der Waals surface area contributed by atoms with Gasteiger partial charge in [0.05, 0.1) is 29.1 Å². The zero-order valence-corrected chi connectivity index (χ0v) is 21.9. The molecule has 0 aliphatic carbocycles. The molecular weight excluding hydrogens is 464 g/mol. The van der Waals surface area contributed by atoms with Crippen LogP contribution in [0.3, 0.4) is 0 Å². The standard InChI is InChI=1S/C27H33ClN4O3/c1-18(2)16-31(26(34)19-11-7-10-14-22(19)35-6)17-25(33)29-24-15-23(27(3,4)5)30-32(24)21-13-9-8-12-20(21)28/h7-15,18H,16-17H2,1-6H3,(H,29,33). The molecule has 0 spiro atoms. The van der Waals surface area contributed by atoms with Crippen molar-refractivity contribution in [3.63, 3.8) is 0 Å². The molecule has 0 aliphatic rings. The number of nitrogens with zero attached hydrogens (tertiary/aromatic N) is 3. The Morgan fingerprint density at radius 2 is 1.77 bits per heavy atom. The smallest absolute Gasteiger partial charge is 0.258 e. The summed E-state index contributed by atoms with van der Waals surface area (Å²) in [6.07, 6.45) is 0. The maximum absolute atomic E-state index is 13.3. The molecule has 7 nitrogen and oxygen atoms in total. The van der Waals surface area contributed by atoms with Crippen LogP contribution in [-0.2, 0) is 10.2 Å². The van der Waals surface area contributed by atoms with Crippen molar-refractivity contribution in [1.29, 1.82) is 0 Å². The van der Waals surface area contributed by atoms with Gasteiger partial charge in [0.25, 0.3) is 5.91 Å². The Bertz CT molecular complexity index is 1200. The normalized spacial score (nSPS) is 11.4. The second-order valence-electron chi connectivity index (χ2n) is 9.86. The number of hydrogen-bond donors (Lipinski definition) is 1. The van der Waals surface area contributed by atoms with Crippen LogP contribution in [0.5, 0.6) is 5.75 Å². The zero-order valence-electron chi connectivity index (χ0n) is 21.1. The van der Waals surface area contributed by atoms with Crippen LogP contribution in [0.15, 0.2) is 54.6 Å². The quantitative estimate of drug-likeness (QED) is 0.442. The first kappa shape index (κ1) is 26.3. The van der Waals surface area contributed by atoms with E-state index in [1.165, 1.54) is 7.11 Å². The first-order valence-corrected chi connectivity index (χ1v) is 12.0. The van der Waals surface area contributed by atoms with Gasteiger partial charge in [-0.2, -0.15) is 5.10 Å². The lowest BCUT2D eigenvalue weighted by atomic mass is 9.92. The molecule has 0 fully saturated rings. The van der Waals surface area contributed by atoms with E-state index in [4.69, 9.17) is 21.4 Å². The number of carbonyl (C=O) groups is 2. The first-order chi connectivity index (χ1) is 16.5. The topological polar surface area (TPSA) is 76.5 Å². The third-order valence-electron chi connectivity index (χ3n) is 5.37. The molecule has 3 aromatic rings. The molecule has 0 aliphatic heterocycles. The highest BCUT2D eigenvalue weighted by Gasteiger charge is 2.25. The Kier molecular flexibility index (Phi) is 8.22. The molecule has 1 heterocycles. The summed E-state index contributed by atoms with van der Waals surface area (Å²) in [6, 6.07) is 16.2. The Hall–Kier alpha value is -3.32. The highest BCUT2D eigenvalue weighted by molar-refractivity contribution is 6.32. The molecule has 0 radical (unpaired) electrons. The number of halogens is 1. The Morgan fingerprint density at radius 1 is 1.11 bits per heavy atom. The van der Waals surface area contributed by atoms with Crippen molar-refractivity contribution in [1.82, 2.24) is 14.7 Å². The minimum absolute atomic E-state index is 0.117. The lowest BCUT2D eigenvalue weighted by molar-refractivity contribution is -0.117. The largest absolute Gasteiger partial charge is 0.496 e. The van der Waals surface area contributed by atoms with Crippen molar-refractivity contribution in [2.75, 3.05) is 25.5 Å². The third kappa shape index (κ3) is 6.42. The van der Waals surface area contributed by atoms with E-state index in [1.54, 1.807) is 39.9 Å². The number of ether oxygens (including phenoxy) is 1. The van der Waals surface area contributed by atoms with Gasteiger partial charge in [0.2, 0.25) is 5.91 Å². The van der Waals surface area contributed by atoms with Gasteiger partial charge in [-0.25, -0.2) is 4.68 Å². The minimum Gasteiger partial charge on any atom is -0.496 e. The second kappa shape index (κ2) is 11.0. The van der Waals surface area contributed by atoms with E-state index in [9.17, 15) is 9.59 Å². The van der Waals surface area contributed by atoms with E-state index in [0.29, 0.717) is 34.4 Å². The van der Waals surface area contributed by atoms with Gasteiger partial charge < -0.3 is 15.0 Å². The molecular formula is C27H33ClN4O3. The number of rotatable bonds is 8. The molecule has 2 aromatic carbocycles. The zero-order chi connectivity index (χ0) is 25.8. The molecule has 186 valence electrons. The van der Waals surface area contributed by atoms with Crippen molar-refractivity contribution in [2.24, 2.45) is 5.92 Å². The second-order valence-corrected chi connectivity index (χ2v) is 10.3. The Balaban J connectivity index is 1.90. The fourth-order valence-corrected chi connectivity index (χ4v) is 3.87. The summed E-state index contributed by atoms with van der Waals surface area (Å²) >= 11 is 6.43. The fraction of sp³-hybridized carbons (Fsp3) is 0.370. The van der Waals surface area contributed by atoms with Gasteiger partial charge in [0.15, 0.2) is 0 Å². The minimum atomic E-state index is -0.331. The van der Waals surface area contributed by atoms with Crippen molar-refractivity contribution in [2.45, 2.75) is 40.0 Å². The maximum Gasteiger partial charge on any atom is 0.258 e. The third-order valence-corrected chi connectivity index (χ3v) is 5.69. The summed E-state index contributed by atoms with van der Waals surface area (Å²) in [7, 11) is 1.52. The number of hydrogen-bond acceptors (Lipinski definition) is 4. The highest BCUT2D eigenvalue weighted by atomic mass is 35.5. The molecule has 0 saturated carbocycles. The van der Waals surface area contributed by atoms with Gasteiger partial charge in [0.1, 0.15) is 18.1 Å². The highest BCUT2D eigenvalue weighted by Crippen LogP contribution is 2.29. The molecule has 0 saturated heterocycles. The van der Waals surface area contributed by atoms with Crippen LogP contribution in [0.4, 0.5) is 5.82 Å². The van der Waals surface area contributed by atoms with Crippen molar-refractivity contribution in [3.8, 4) is 11.4 Å². The lowest BCUT2D eigenvalue weighted by Crippen LogP contribution is -2.40. The number of aromatic nitrogens is 2. The van der Waals surface area contributed by atoms with Gasteiger partial charge in [0, 0.05) is 18.0 Å². The molecule has 2 amide bonds. The summed E-state index contributed by atoms with van der Waals surface area (Å²) in [4.78, 5) is 28.1. The molecule has 0 unspecified atom stereocenters. The maximum atomic E-state index is 13.3. The van der Waals surface area contributed by atoms with E-state index in [2.05, 4.69) is 5.32 Å². The summed E-state index contributed by atoms with van der Waals surface area (Å²) in [6.45, 7) is 10.5. The SMILES string of the molecule is COc1ccccc1C(=O)N(CC(=O)Nc1cc(C(C)(C)C)nn1-c1ccccc1Cl)CC(C)C. The van der Waals surface area contributed by atoms with Crippen LogP contribution in [0.25, 0.3) is 5.69 Å². The van der Waals surface area contributed by atoms with Crippen molar-refractivity contribution >= 4 is 29.2 Å². The van der Waals surface area contributed by atoms with Gasteiger partial charge in [-0.1, -0.05) is 70.5 Å². The Morgan fingerprint density at radius 3 is 2.40 bits per heavy atom. The monoisotopic (exact) mass is 496 g/mol. The number of methoxy groups -OCH3 is 1. The van der Waals surface area contributed by atoms with Crippen LogP contribution < -0.4 is 10.1 Å². The molecule has 35 heavy (non-hydrogen) atoms. The van der Waals surface area contributed by atoms with Gasteiger partial charge in [-0.3, -0.25) is 9.59 Å². The molecule has 1 N–H and O–H groups in total. The van der Waals surface area contributed by atoms with Crippen LogP contribution >= 0.6 is 11.6 Å².